The fraction of sp³-hybridized carbons (Fsp3) is 0.375. The highest BCUT2D eigenvalue weighted by molar-refractivity contribution is 8.11. The predicted octanol–water partition coefficient (Wildman–Crippen LogP) is 2.85. The average molecular weight is 337 g/mol. The summed E-state index contributed by atoms with van der Waals surface area (Å²) < 4.78 is 0. The van der Waals surface area contributed by atoms with Gasteiger partial charge in [0.2, 0.25) is 0 Å². The van der Waals surface area contributed by atoms with Crippen molar-refractivity contribution in [1.29, 1.82) is 0 Å². The summed E-state index contributed by atoms with van der Waals surface area (Å²) in [6, 6.07) is 9.97. The summed E-state index contributed by atoms with van der Waals surface area (Å²) in [7, 11) is 1.74. The first-order valence-electron chi connectivity index (χ1n) is 7.05. The first-order chi connectivity index (χ1) is 10.5. The van der Waals surface area contributed by atoms with Crippen LogP contribution in [0.4, 0.5) is 0 Å². The second kappa shape index (κ2) is 7.74. The number of rotatable bonds is 5. The number of thioether (sulfide) groups is 2. The number of likely N-dealkylation sites (N-methyl/N-ethyl adjacent to an activating group) is 1. The van der Waals surface area contributed by atoms with Gasteiger partial charge in [-0.1, -0.05) is 30.3 Å². The maximum atomic E-state index is 12.6. The molecular formula is C16H19NO3S2. The zero-order chi connectivity index (χ0) is 16.1. The summed E-state index contributed by atoms with van der Waals surface area (Å²) in [5.74, 6) is 0.290. The number of benzene rings is 1. The predicted molar refractivity (Wildman–Crippen MR) is 92.0 cm³/mol. The lowest BCUT2D eigenvalue weighted by Gasteiger charge is -2.27. The molecule has 1 aliphatic heterocycles. The van der Waals surface area contributed by atoms with Gasteiger partial charge in [-0.2, -0.15) is 0 Å². The maximum absolute atomic E-state index is 12.6. The minimum Gasteiger partial charge on any atom is -0.477 e. The zero-order valence-corrected chi connectivity index (χ0v) is 14.2. The fourth-order valence-electron chi connectivity index (χ4n) is 2.19. The van der Waals surface area contributed by atoms with Gasteiger partial charge in [0.25, 0.3) is 5.91 Å². The van der Waals surface area contributed by atoms with Crippen LogP contribution in [0.15, 0.2) is 40.1 Å². The first kappa shape index (κ1) is 17.0. The highest BCUT2D eigenvalue weighted by Crippen LogP contribution is 2.35. The molecule has 0 radical (unpaired) electrons. The van der Waals surface area contributed by atoms with Gasteiger partial charge in [-0.05, 0) is 18.9 Å². The standard InChI is InChI=1S/C16H19NO3S2/c1-11(10-12-6-4-3-5-7-12)17(2)15(18)13-14(16(19)20)22-9-8-21-13/h3-7,11H,8-10H2,1-2H3,(H,19,20). The van der Waals surface area contributed by atoms with Crippen LogP contribution in [0.3, 0.4) is 0 Å². The molecule has 0 spiro atoms. The lowest BCUT2D eigenvalue weighted by Crippen LogP contribution is -2.37. The van der Waals surface area contributed by atoms with Gasteiger partial charge >= 0.3 is 5.97 Å². The molecule has 0 saturated heterocycles. The summed E-state index contributed by atoms with van der Waals surface area (Å²) in [5, 5.41) is 9.25. The molecular weight excluding hydrogens is 318 g/mol. The molecule has 0 fully saturated rings. The van der Waals surface area contributed by atoms with Crippen molar-refractivity contribution in [2.45, 2.75) is 19.4 Å². The molecule has 118 valence electrons. The molecule has 1 aromatic rings. The van der Waals surface area contributed by atoms with Crippen molar-refractivity contribution in [2.75, 3.05) is 18.6 Å². The second-order valence-corrected chi connectivity index (χ2v) is 7.33. The summed E-state index contributed by atoms with van der Waals surface area (Å²) >= 11 is 2.60. The van der Waals surface area contributed by atoms with Crippen molar-refractivity contribution in [3.63, 3.8) is 0 Å². The number of carboxylic acid groups (broad SMARTS) is 1. The van der Waals surface area contributed by atoms with Crippen molar-refractivity contribution >= 4 is 35.4 Å². The van der Waals surface area contributed by atoms with E-state index in [1.807, 2.05) is 37.3 Å². The quantitative estimate of drug-likeness (QED) is 0.895. The molecule has 0 bridgehead atoms. The van der Waals surface area contributed by atoms with E-state index in [-0.39, 0.29) is 16.9 Å². The van der Waals surface area contributed by atoms with Crippen LogP contribution in [-0.2, 0) is 16.0 Å². The van der Waals surface area contributed by atoms with E-state index >= 15 is 0 Å². The van der Waals surface area contributed by atoms with Gasteiger partial charge < -0.3 is 10.0 Å². The molecule has 2 rings (SSSR count). The Balaban J connectivity index is 2.12. The number of carboxylic acids is 1. The molecule has 0 saturated carbocycles. The average Bonchev–Trinajstić information content (AvgIpc) is 2.54. The van der Waals surface area contributed by atoms with Gasteiger partial charge in [-0.3, -0.25) is 4.79 Å². The third-order valence-electron chi connectivity index (χ3n) is 3.53. The number of carbonyl (C=O) groups excluding carboxylic acids is 1. The molecule has 4 nitrogen and oxygen atoms in total. The van der Waals surface area contributed by atoms with Crippen molar-refractivity contribution in [1.82, 2.24) is 4.90 Å². The van der Waals surface area contributed by atoms with E-state index < -0.39 is 5.97 Å². The van der Waals surface area contributed by atoms with Crippen LogP contribution in [0.25, 0.3) is 0 Å². The van der Waals surface area contributed by atoms with Crippen molar-refractivity contribution in [3.8, 4) is 0 Å². The van der Waals surface area contributed by atoms with Gasteiger partial charge in [-0.15, -0.1) is 23.5 Å². The van der Waals surface area contributed by atoms with Crippen LogP contribution in [0.2, 0.25) is 0 Å². The van der Waals surface area contributed by atoms with Crippen LogP contribution in [0.1, 0.15) is 12.5 Å². The highest BCUT2D eigenvalue weighted by Gasteiger charge is 2.28. The Morgan fingerprint density at radius 1 is 1.18 bits per heavy atom. The van der Waals surface area contributed by atoms with E-state index in [4.69, 9.17) is 0 Å². The van der Waals surface area contributed by atoms with E-state index in [0.29, 0.717) is 4.91 Å². The number of amides is 1. The Kier molecular flexibility index (Phi) is 5.97. The molecule has 0 aliphatic carbocycles. The van der Waals surface area contributed by atoms with Crippen LogP contribution >= 0.6 is 23.5 Å². The lowest BCUT2D eigenvalue weighted by molar-refractivity contribution is -0.133. The van der Waals surface area contributed by atoms with E-state index in [1.165, 1.54) is 23.5 Å². The van der Waals surface area contributed by atoms with Gasteiger partial charge in [-0.25, -0.2) is 4.79 Å². The Morgan fingerprint density at radius 2 is 1.77 bits per heavy atom. The molecule has 1 aliphatic rings. The minimum atomic E-state index is -1.01. The summed E-state index contributed by atoms with van der Waals surface area (Å²) in [4.78, 5) is 26.1. The first-order valence-corrected chi connectivity index (χ1v) is 9.02. The third-order valence-corrected chi connectivity index (χ3v) is 6.07. The monoisotopic (exact) mass is 337 g/mol. The van der Waals surface area contributed by atoms with Crippen molar-refractivity contribution in [2.24, 2.45) is 0 Å². The van der Waals surface area contributed by atoms with Crippen molar-refractivity contribution in [3.05, 3.63) is 45.7 Å². The third kappa shape index (κ3) is 4.08. The van der Waals surface area contributed by atoms with Crippen LogP contribution < -0.4 is 0 Å². The van der Waals surface area contributed by atoms with Crippen LogP contribution in [0.5, 0.6) is 0 Å². The highest BCUT2D eigenvalue weighted by atomic mass is 32.2. The second-order valence-electron chi connectivity index (χ2n) is 5.12. The Labute approximate surface area is 139 Å². The Hall–Kier alpha value is -1.40. The molecule has 1 aromatic carbocycles. The van der Waals surface area contributed by atoms with Crippen LogP contribution in [-0.4, -0.2) is 46.5 Å². The zero-order valence-electron chi connectivity index (χ0n) is 12.6. The summed E-state index contributed by atoms with van der Waals surface area (Å²) in [6.07, 6.45) is 0.747. The van der Waals surface area contributed by atoms with E-state index in [9.17, 15) is 14.7 Å². The SMILES string of the molecule is CC(Cc1ccccc1)N(C)C(=O)C1=C(C(=O)O)SCCS1. The molecule has 1 heterocycles. The largest absolute Gasteiger partial charge is 0.477 e. The normalized spacial score (nSPS) is 16.3. The maximum Gasteiger partial charge on any atom is 0.343 e. The topological polar surface area (TPSA) is 57.6 Å². The van der Waals surface area contributed by atoms with Gasteiger partial charge in [0.1, 0.15) is 4.91 Å². The molecule has 6 heteroatoms. The lowest BCUT2D eigenvalue weighted by atomic mass is 10.1. The Morgan fingerprint density at radius 3 is 2.36 bits per heavy atom. The van der Waals surface area contributed by atoms with Crippen LogP contribution in [0, 0.1) is 0 Å². The molecule has 1 unspecified atom stereocenters. The number of nitrogens with zero attached hydrogens (tertiary/aromatic N) is 1. The number of carbonyl (C=O) groups is 2. The Bertz CT molecular complexity index is 586. The number of aliphatic carboxylic acids is 1. The summed E-state index contributed by atoms with van der Waals surface area (Å²) in [6.45, 7) is 1.98. The molecule has 1 N–H and O–H groups in total. The van der Waals surface area contributed by atoms with E-state index in [2.05, 4.69) is 0 Å². The van der Waals surface area contributed by atoms with Gasteiger partial charge in [0, 0.05) is 24.6 Å². The molecule has 1 atom stereocenters. The number of hydrogen-bond acceptors (Lipinski definition) is 4. The fourth-order valence-corrected chi connectivity index (χ4v) is 4.44. The molecule has 22 heavy (non-hydrogen) atoms. The van der Waals surface area contributed by atoms with Crippen molar-refractivity contribution < 1.29 is 14.7 Å². The molecule has 1 amide bonds. The smallest absolute Gasteiger partial charge is 0.343 e. The minimum absolute atomic E-state index is 0.00460. The van der Waals surface area contributed by atoms with Gasteiger partial charge in [0.05, 0.1) is 4.91 Å². The number of hydrogen-bond donors (Lipinski definition) is 1. The van der Waals surface area contributed by atoms with E-state index in [1.54, 1.807) is 11.9 Å². The van der Waals surface area contributed by atoms with E-state index in [0.717, 1.165) is 23.5 Å². The molecule has 0 aromatic heterocycles. The summed E-state index contributed by atoms with van der Waals surface area (Å²) in [5.41, 5.74) is 1.16. The van der Waals surface area contributed by atoms with Gasteiger partial charge in [0.15, 0.2) is 0 Å².